The number of aromatic nitrogens is 2. The highest BCUT2D eigenvalue weighted by molar-refractivity contribution is 5.45. The van der Waals surface area contributed by atoms with Crippen molar-refractivity contribution in [3.63, 3.8) is 0 Å². The van der Waals surface area contributed by atoms with Crippen molar-refractivity contribution in [1.82, 2.24) is 9.97 Å². The van der Waals surface area contributed by atoms with Crippen LogP contribution >= 0.6 is 0 Å². The van der Waals surface area contributed by atoms with Crippen LogP contribution in [0.2, 0.25) is 0 Å². The van der Waals surface area contributed by atoms with Crippen LogP contribution in [0.15, 0.2) is 35.0 Å². The third kappa shape index (κ3) is 1.65. The summed E-state index contributed by atoms with van der Waals surface area (Å²) in [5, 5.41) is 0. The molecular formula is C10H11N3O. The molecule has 4 nitrogen and oxygen atoms in total. The minimum Gasteiger partial charge on any atom is -0.438 e. The Morgan fingerprint density at radius 2 is 2.21 bits per heavy atom. The summed E-state index contributed by atoms with van der Waals surface area (Å²) in [7, 11) is 0. The van der Waals surface area contributed by atoms with Crippen LogP contribution in [0.25, 0.3) is 11.6 Å². The van der Waals surface area contributed by atoms with Gasteiger partial charge in [-0.05, 0) is 19.1 Å². The molecule has 0 aliphatic carbocycles. The van der Waals surface area contributed by atoms with E-state index in [4.69, 9.17) is 10.2 Å². The average Bonchev–Trinajstić information content (AvgIpc) is 2.68. The van der Waals surface area contributed by atoms with Gasteiger partial charge in [0.2, 0.25) is 5.89 Å². The Morgan fingerprint density at radius 3 is 2.79 bits per heavy atom. The second kappa shape index (κ2) is 3.59. The van der Waals surface area contributed by atoms with Gasteiger partial charge in [0, 0.05) is 6.20 Å². The molecule has 2 rings (SSSR count). The third-order valence-corrected chi connectivity index (χ3v) is 1.86. The predicted octanol–water partition coefficient (Wildman–Crippen LogP) is 1.76. The Balaban J connectivity index is 2.34. The van der Waals surface area contributed by atoms with E-state index in [1.165, 1.54) is 0 Å². The van der Waals surface area contributed by atoms with Crippen LogP contribution in [0, 0.1) is 0 Å². The van der Waals surface area contributed by atoms with Gasteiger partial charge in [-0.3, -0.25) is 4.98 Å². The quantitative estimate of drug-likeness (QED) is 0.781. The van der Waals surface area contributed by atoms with Crippen molar-refractivity contribution in [2.75, 3.05) is 0 Å². The Morgan fingerprint density at radius 1 is 1.36 bits per heavy atom. The number of rotatable bonds is 2. The standard InChI is InChI=1S/C10H11N3O/c1-7(11)9-6-13-10(14-9)8-4-2-3-5-12-8/h2-7H,11H2,1H3/t7-/m0/s1. The van der Waals surface area contributed by atoms with Gasteiger partial charge >= 0.3 is 0 Å². The van der Waals surface area contributed by atoms with Crippen LogP contribution < -0.4 is 5.73 Å². The van der Waals surface area contributed by atoms with E-state index in [1.54, 1.807) is 12.4 Å². The van der Waals surface area contributed by atoms with Crippen LogP contribution in [0.1, 0.15) is 18.7 Å². The Kier molecular flexibility index (Phi) is 2.28. The summed E-state index contributed by atoms with van der Waals surface area (Å²) in [5.41, 5.74) is 6.37. The summed E-state index contributed by atoms with van der Waals surface area (Å²) in [5.74, 6) is 1.18. The highest BCUT2D eigenvalue weighted by atomic mass is 16.4. The molecule has 0 aromatic carbocycles. The van der Waals surface area contributed by atoms with E-state index in [9.17, 15) is 0 Å². The van der Waals surface area contributed by atoms with Crippen molar-refractivity contribution in [3.05, 3.63) is 36.4 Å². The predicted molar refractivity (Wildman–Crippen MR) is 52.3 cm³/mol. The lowest BCUT2D eigenvalue weighted by Gasteiger charge is -1.97. The summed E-state index contributed by atoms with van der Waals surface area (Å²) in [4.78, 5) is 8.22. The van der Waals surface area contributed by atoms with Crippen molar-refractivity contribution in [2.45, 2.75) is 13.0 Å². The van der Waals surface area contributed by atoms with Crippen LogP contribution in [0.3, 0.4) is 0 Å². The fourth-order valence-corrected chi connectivity index (χ4v) is 1.10. The Hall–Kier alpha value is -1.68. The molecular weight excluding hydrogens is 178 g/mol. The number of oxazole rings is 1. The minimum absolute atomic E-state index is 0.139. The molecule has 0 unspecified atom stereocenters. The first kappa shape index (κ1) is 8.90. The number of hydrogen-bond acceptors (Lipinski definition) is 4. The van der Waals surface area contributed by atoms with Gasteiger partial charge < -0.3 is 10.2 Å². The highest BCUT2D eigenvalue weighted by Gasteiger charge is 2.09. The molecule has 14 heavy (non-hydrogen) atoms. The number of nitrogens with two attached hydrogens (primary N) is 1. The lowest BCUT2D eigenvalue weighted by molar-refractivity contribution is 0.486. The molecule has 4 heteroatoms. The zero-order valence-corrected chi connectivity index (χ0v) is 7.84. The summed E-state index contributed by atoms with van der Waals surface area (Å²) in [6.45, 7) is 1.85. The first-order valence-corrected chi connectivity index (χ1v) is 4.40. The highest BCUT2D eigenvalue weighted by Crippen LogP contribution is 2.18. The molecule has 0 saturated heterocycles. The molecule has 0 amide bonds. The third-order valence-electron chi connectivity index (χ3n) is 1.86. The number of nitrogens with zero attached hydrogens (tertiary/aromatic N) is 2. The summed E-state index contributed by atoms with van der Waals surface area (Å²) < 4.78 is 5.43. The van der Waals surface area contributed by atoms with E-state index < -0.39 is 0 Å². The lowest BCUT2D eigenvalue weighted by Crippen LogP contribution is -2.02. The van der Waals surface area contributed by atoms with Crippen molar-refractivity contribution in [3.8, 4) is 11.6 Å². The summed E-state index contributed by atoms with van der Waals surface area (Å²) >= 11 is 0. The van der Waals surface area contributed by atoms with Gasteiger partial charge in [0.15, 0.2) is 0 Å². The summed E-state index contributed by atoms with van der Waals surface area (Å²) in [6.07, 6.45) is 3.33. The van der Waals surface area contributed by atoms with Crippen LogP contribution in [0.4, 0.5) is 0 Å². The van der Waals surface area contributed by atoms with Crippen LogP contribution in [0.5, 0.6) is 0 Å². The second-order valence-corrected chi connectivity index (χ2v) is 3.07. The van der Waals surface area contributed by atoms with Crippen molar-refractivity contribution < 1.29 is 4.42 Å². The molecule has 0 radical (unpaired) electrons. The molecule has 0 bridgehead atoms. The largest absolute Gasteiger partial charge is 0.438 e. The van der Waals surface area contributed by atoms with Gasteiger partial charge in [-0.25, -0.2) is 4.98 Å². The Labute approximate surface area is 81.8 Å². The number of hydrogen-bond donors (Lipinski definition) is 1. The summed E-state index contributed by atoms with van der Waals surface area (Å²) in [6, 6.07) is 5.44. The van der Waals surface area contributed by atoms with Gasteiger partial charge in [0.05, 0.1) is 12.2 Å². The second-order valence-electron chi connectivity index (χ2n) is 3.07. The fraction of sp³-hybridized carbons (Fsp3) is 0.200. The van der Waals surface area contributed by atoms with Crippen molar-refractivity contribution in [1.29, 1.82) is 0 Å². The Bertz CT molecular complexity index is 408. The minimum atomic E-state index is -0.139. The van der Waals surface area contributed by atoms with E-state index in [1.807, 2.05) is 25.1 Å². The zero-order valence-electron chi connectivity index (χ0n) is 7.84. The van der Waals surface area contributed by atoms with Gasteiger partial charge in [-0.2, -0.15) is 0 Å². The van der Waals surface area contributed by atoms with E-state index in [0.717, 1.165) is 5.69 Å². The fourth-order valence-electron chi connectivity index (χ4n) is 1.10. The molecule has 1 atom stereocenters. The van der Waals surface area contributed by atoms with Crippen molar-refractivity contribution >= 4 is 0 Å². The van der Waals surface area contributed by atoms with Gasteiger partial charge in [0.1, 0.15) is 11.5 Å². The maximum Gasteiger partial charge on any atom is 0.245 e. The van der Waals surface area contributed by atoms with Gasteiger partial charge in [-0.15, -0.1) is 0 Å². The van der Waals surface area contributed by atoms with E-state index in [-0.39, 0.29) is 6.04 Å². The van der Waals surface area contributed by atoms with Gasteiger partial charge in [-0.1, -0.05) is 6.07 Å². The first-order valence-electron chi connectivity index (χ1n) is 4.40. The molecule has 2 heterocycles. The smallest absolute Gasteiger partial charge is 0.245 e. The molecule has 2 aromatic heterocycles. The van der Waals surface area contributed by atoms with E-state index >= 15 is 0 Å². The zero-order chi connectivity index (χ0) is 9.97. The topological polar surface area (TPSA) is 64.9 Å². The molecule has 2 aromatic rings. The molecule has 0 spiro atoms. The normalized spacial score (nSPS) is 12.7. The monoisotopic (exact) mass is 189 g/mol. The molecule has 0 fully saturated rings. The maximum atomic E-state index is 5.65. The SMILES string of the molecule is C[C@H](N)c1cnc(-c2ccccn2)o1. The molecule has 0 aliphatic rings. The lowest BCUT2D eigenvalue weighted by atomic mass is 10.3. The average molecular weight is 189 g/mol. The first-order chi connectivity index (χ1) is 6.77. The number of pyridine rings is 1. The van der Waals surface area contributed by atoms with E-state index in [2.05, 4.69) is 9.97 Å². The van der Waals surface area contributed by atoms with Crippen LogP contribution in [-0.4, -0.2) is 9.97 Å². The molecule has 0 saturated carbocycles. The van der Waals surface area contributed by atoms with Crippen molar-refractivity contribution in [2.24, 2.45) is 5.73 Å². The molecule has 72 valence electrons. The van der Waals surface area contributed by atoms with Gasteiger partial charge in [0.25, 0.3) is 0 Å². The van der Waals surface area contributed by atoms with E-state index in [0.29, 0.717) is 11.7 Å². The molecule has 0 aliphatic heterocycles. The molecule has 2 N–H and O–H groups in total. The maximum absolute atomic E-state index is 5.65. The van der Waals surface area contributed by atoms with Crippen LogP contribution in [-0.2, 0) is 0 Å².